The van der Waals surface area contributed by atoms with Crippen LogP contribution >= 0.6 is 0 Å². The van der Waals surface area contributed by atoms with Crippen molar-refractivity contribution in [3.05, 3.63) is 57.9 Å². The molecule has 1 aromatic heterocycles. The smallest absolute Gasteiger partial charge is 0.235 e. The number of benzene rings is 2. The van der Waals surface area contributed by atoms with Crippen LogP contribution in [0.2, 0.25) is 0 Å². The van der Waals surface area contributed by atoms with Crippen LogP contribution in [0, 0.1) is 6.92 Å². The van der Waals surface area contributed by atoms with Gasteiger partial charge in [0.05, 0.1) is 12.5 Å². The van der Waals surface area contributed by atoms with Crippen molar-refractivity contribution in [2.24, 2.45) is 0 Å². The van der Waals surface area contributed by atoms with Gasteiger partial charge in [0.1, 0.15) is 28.6 Å². The van der Waals surface area contributed by atoms with Gasteiger partial charge in [0.25, 0.3) is 0 Å². The first-order valence-corrected chi connectivity index (χ1v) is 7.64. The number of hydrogen-bond acceptors (Lipinski definition) is 5. The number of hydrogen-bond donors (Lipinski definition) is 1. The van der Waals surface area contributed by atoms with Gasteiger partial charge in [-0.1, -0.05) is 6.92 Å². The molecular formula is C19H18O5. The highest BCUT2D eigenvalue weighted by atomic mass is 16.5. The number of fused-ring (bicyclic) bond motifs is 1. The Morgan fingerprint density at radius 1 is 1.12 bits per heavy atom. The summed E-state index contributed by atoms with van der Waals surface area (Å²) < 4.78 is 16.5. The van der Waals surface area contributed by atoms with Gasteiger partial charge in [-0.3, -0.25) is 4.79 Å². The third-order valence-electron chi connectivity index (χ3n) is 3.87. The van der Waals surface area contributed by atoms with Crippen LogP contribution in [0.25, 0.3) is 11.0 Å². The lowest BCUT2D eigenvalue weighted by atomic mass is 10.1. The zero-order valence-corrected chi connectivity index (χ0v) is 13.8. The average molecular weight is 326 g/mol. The fourth-order valence-corrected chi connectivity index (χ4v) is 2.53. The number of ether oxygens (including phenoxy) is 2. The molecule has 0 spiro atoms. The molecule has 24 heavy (non-hydrogen) atoms. The molecule has 3 rings (SSSR count). The molecule has 0 aliphatic heterocycles. The number of phenols is 1. The Morgan fingerprint density at radius 2 is 1.79 bits per heavy atom. The fourth-order valence-electron chi connectivity index (χ4n) is 2.53. The van der Waals surface area contributed by atoms with Crippen molar-refractivity contribution in [3.63, 3.8) is 0 Å². The first kappa shape index (κ1) is 15.9. The summed E-state index contributed by atoms with van der Waals surface area (Å²) in [6.45, 7) is 3.57. The van der Waals surface area contributed by atoms with E-state index in [1.54, 1.807) is 44.4 Å². The second-order valence-corrected chi connectivity index (χ2v) is 5.42. The van der Waals surface area contributed by atoms with Crippen LogP contribution < -0.4 is 14.9 Å². The molecule has 0 atom stereocenters. The molecule has 0 aliphatic rings. The quantitative estimate of drug-likeness (QED) is 0.779. The molecule has 0 aliphatic carbocycles. The van der Waals surface area contributed by atoms with Gasteiger partial charge in [-0.15, -0.1) is 0 Å². The lowest BCUT2D eigenvalue weighted by Gasteiger charge is -2.10. The van der Waals surface area contributed by atoms with Crippen LogP contribution in [0.1, 0.15) is 18.2 Å². The summed E-state index contributed by atoms with van der Waals surface area (Å²) in [7, 11) is 1.58. The number of rotatable bonds is 4. The summed E-state index contributed by atoms with van der Waals surface area (Å²) in [5, 5.41) is 10.3. The van der Waals surface area contributed by atoms with Gasteiger partial charge < -0.3 is 19.0 Å². The molecule has 0 unspecified atom stereocenters. The van der Waals surface area contributed by atoms with E-state index in [0.29, 0.717) is 40.2 Å². The first-order chi connectivity index (χ1) is 11.5. The maximum Gasteiger partial charge on any atom is 0.235 e. The van der Waals surface area contributed by atoms with Crippen molar-refractivity contribution >= 4 is 11.0 Å². The van der Waals surface area contributed by atoms with E-state index in [0.717, 1.165) is 0 Å². The predicted molar refractivity (Wildman–Crippen MR) is 91.3 cm³/mol. The van der Waals surface area contributed by atoms with E-state index < -0.39 is 0 Å². The standard InChI is InChI=1S/C19H18O5/c1-4-12-9-15-17(10-16(12)20)23-11(2)19(18(15)21)24-14-7-5-13(22-3)6-8-14/h5-10,20H,4H2,1-3H3. The lowest BCUT2D eigenvalue weighted by molar-refractivity contribution is 0.410. The van der Waals surface area contributed by atoms with E-state index in [9.17, 15) is 9.90 Å². The Kier molecular flexibility index (Phi) is 4.16. The normalized spacial score (nSPS) is 10.8. The number of methoxy groups -OCH3 is 1. The molecule has 0 radical (unpaired) electrons. The van der Waals surface area contributed by atoms with Crippen LogP contribution in [0.5, 0.6) is 23.0 Å². The third-order valence-corrected chi connectivity index (χ3v) is 3.87. The maximum absolute atomic E-state index is 12.8. The molecule has 3 aromatic rings. The highest BCUT2D eigenvalue weighted by Crippen LogP contribution is 2.29. The molecule has 0 fully saturated rings. The molecule has 0 saturated carbocycles. The molecule has 0 saturated heterocycles. The maximum atomic E-state index is 12.8. The van der Waals surface area contributed by atoms with E-state index in [1.807, 2.05) is 6.92 Å². The van der Waals surface area contributed by atoms with E-state index in [2.05, 4.69) is 0 Å². The third kappa shape index (κ3) is 2.80. The predicted octanol–water partition coefficient (Wildman–Crippen LogP) is 4.17. The number of aryl methyl sites for hydroxylation is 2. The zero-order chi connectivity index (χ0) is 17.3. The van der Waals surface area contributed by atoms with Crippen LogP contribution in [0.3, 0.4) is 0 Å². The van der Waals surface area contributed by atoms with E-state index >= 15 is 0 Å². The monoisotopic (exact) mass is 326 g/mol. The summed E-state index contributed by atoms with van der Waals surface area (Å²) in [6.07, 6.45) is 0.615. The Hall–Kier alpha value is -2.95. The minimum absolute atomic E-state index is 0.122. The molecule has 5 heteroatoms. The highest BCUT2D eigenvalue weighted by Gasteiger charge is 2.16. The number of aromatic hydroxyl groups is 1. The van der Waals surface area contributed by atoms with Gasteiger partial charge in [0, 0.05) is 6.07 Å². The van der Waals surface area contributed by atoms with Crippen LogP contribution in [0.15, 0.2) is 45.6 Å². The van der Waals surface area contributed by atoms with Gasteiger partial charge in [-0.25, -0.2) is 0 Å². The lowest BCUT2D eigenvalue weighted by Crippen LogP contribution is -2.08. The molecule has 124 valence electrons. The molecule has 1 heterocycles. The van der Waals surface area contributed by atoms with Gasteiger partial charge in [-0.2, -0.15) is 0 Å². The molecule has 2 aromatic carbocycles. The van der Waals surface area contributed by atoms with Crippen molar-refractivity contribution in [2.75, 3.05) is 7.11 Å². The van der Waals surface area contributed by atoms with E-state index in [4.69, 9.17) is 13.9 Å². The van der Waals surface area contributed by atoms with Crippen molar-refractivity contribution in [3.8, 4) is 23.0 Å². The van der Waals surface area contributed by atoms with Gasteiger partial charge in [0.15, 0.2) is 0 Å². The van der Waals surface area contributed by atoms with Crippen molar-refractivity contribution < 1.29 is 19.0 Å². The topological polar surface area (TPSA) is 68.9 Å². The summed E-state index contributed by atoms with van der Waals surface area (Å²) in [5.41, 5.74) is 0.766. The Labute approximate surface area is 139 Å². The average Bonchev–Trinajstić information content (AvgIpc) is 2.59. The van der Waals surface area contributed by atoms with Gasteiger partial charge in [0.2, 0.25) is 11.2 Å². The molecule has 5 nitrogen and oxygen atoms in total. The first-order valence-electron chi connectivity index (χ1n) is 7.64. The van der Waals surface area contributed by atoms with Crippen LogP contribution in [-0.2, 0) is 6.42 Å². The summed E-state index contributed by atoms with van der Waals surface area (Å²) in [4.78, 5) is 12.8. The van der Waals surface area contributed by atoms with Crippen molar-refractivity contribution in [1.82, 2.24) is 0 Å². The minimum Gasteiger partial charge on any atom is -0.508 e. The number of phenolic OH excluding ortho intramolecular Hbond substituents is 1. The molecular weight excluding hydrogens is 308 g/mol. The highest BCUT2D eigenvalue weighted by molar-refractivity contribution is 5.81. The largest absolute Gasteiger partial charge is 0.508 e. The van der Waals surface area contributed by atoms with Gasteiger partial charge >= 0.3 is 0 Å². The summed E-state index contributed by atoms with van der Waals surface area (Å²) in [6, 6.07) is 10.1. The van der Waals surface area contributed by atoms with Crippen LogP contribution in [0.4, 0.5) is 0 Å². The molecule has 0 bridgehead atoms. The van der Waals surface area contributed by atoms with E-state index in [1.165, 1.54) is 6.07 Å². The SMILES string of the molecule is CCc1cc2c(=O)c(Oc3ccc(OC)cc3)c(C)oc2cc1O. The Bertz CT molecular complexity index is 939. The summed E-state index contributed by atoms with van der Waals surface area (Å²) >= 11 is 0. The van der Waals surface area contributed by atoms with E-state index in [-0.39, 0.29) is 16.9 Å². The molecule has 0 amide bonds. The minimum atomic E-state index is -0.265. The van der Waals surface area contributed by atoms with Crippen molar-refractivity contribution in [2.45, 2.75) is 20.3 Å². The Balaban J connectivity index is 2.10. The van der Waals surface area contributed by atoms with Crippen LogP contribution in [-0.4, -0.2) is 12.2 Å². The van der Waals surface area contributed by atoms with Gasteiger partial charge in [-0.05, 0) is 49.2 Å². The second kappa shape index (κ2) is 6.28. The Morgan fingerprint density at radius 3 is 2.42 bits per heavy atom. The zero-order valence-electron chi connectivity index (χ0n) is 13.8. The van der Waals surface area contributed by atoms with Crippen molar-refractivity contribution in [1.29, 1.82) is 0 Å². The summed E-state index contributed by atoms with van der Waals surface area (Å²) in [5.74, 6) is 1.83. The molecule has 1 N–H and O–H groups in total. The second-order valence-electron chi connectivity index (χ2n) is 5.42. The fraction of sp³-hybridized carbons (Fsp3) is 0.211.